The maximum atomic E-state index is 9.29. The highest BCUT2D eigenvalue weighted by molar-refractivity contribution is 7.07. The Morgan fingerprint density at radius 2 is 2.16 bits per heavy atom. The van der Waals surface area contributed by atoms with Crippen molar-refractivity contribution < 1.29 is 0 Å². The van der Waals surface area contributed by atoms with Crippen molar-refractivity contribution in [3.63, 3.8) is 0 Å². The molecule has 4 heteroatoms. The molecule has 0 amide bonds. The molecule has 0 aliphatic heterocycles. The smallest absolute Gasteiger partial charge is 0.101 e. The van der Waals surface area contributed by atoms with Gasteiger partial charge < -0.3 is 10.2 Å². The number of hydrogen-bond donors (Lipinski definition) is 1. The third kappa shape index (κ3) is 3.34. The quantitative estimate of drug-likeness (QED) is 0.908. The zero-order valence-corrected chi connectivity index (χ0v) is 12.0. The van der Waals surface area contributed by atoms with E-state index in [2.05, 4.69) is 39.2 Å². The van der Waals surface area contributed by atoms with Crippen molar-refractivity contribution in [3.05, 3.63) is 51.7 Å². The number of benzene rings is 1. The van der Waals surface area contributed by atoms with Crippen molar-refractivity contribution in [1.82, 2.24) is 5.32 Å². The summed E-state index contributed by atoms with van der Waals surface area (Å²) in [6.45, 7) is 1.60. The molecule has 1 heterocycles. The molecule has 0 unspecified atom stereocenters. The van der Waals surface area contributed by atoms with Gasteiger partial charge in [-0.2, -0.15) is 16.6 Å². The average Bonchev–Trinajstić information content (AvgIpc) is 2.91. The Hall–Kier alpha value is -1.83. The lowest BCUT2D eigenvalue weighted by molar-refractivity contribution is 0.816. The van der Waals surface area contributed by atoms with Crippen LogP contribution in [-0.4, -0.2) is 14.1 Å². The first-order valence-electron chi connectivity index (χ1n) is 6.14. The summed E-state index contributed by atoms with van der Waals surface area (Å²) < 4.78 is 0. The Kier molecular flexibility index (Phi) is 4.56. The van der Waals surface area contributed by atoms with Gasteiger partial charge in [-0.1, -0.05) is 6.07 Å². The molecule has 0 spiro atoms. The monoisotopic (exact) mass is 271 g/mol. The minimum atomic E-state index is 0.727. The van der Waals surface area contributed by atoms with E-state index in [0.29, 0.717) is 0 Å². The van der Waals surface area contributed by atoms with Crippen LogP contribution in [0.2, 0.25) is 0 Å². The molecule has 0 aliphatic carbocycles. The van der Waals surface area contributed by atoms with Crippen molar-refractivity contribution in [2.75, 3.05) is 19.0 Å². The fourth-order valence-corrected chi connectivity index (χ4v) is 2.72. The topological polar surface area (TPSA) is 39.1 Å². The van der Waals surface area contributed by atoms with Crippen LogP contribution in [0.5, 0.6) is 0 Å². The summed E-state index contributed by atoms with van der Waals surface area (Å²) in [5.74, 6) is 0. The van der Waals surface area contributed by atoms with Gasteiger partial charge in [0.05, 0.1) is 11.3 Å². The Morgan fingerprint density at radius 1 is 1.32 bits per heavy atom. The Balaban J connectivity index is 2.21. The van der Waals surface area contributed by atoms with Gasteiger partial charge in [0.25, 0.3) is 0 Å². The first-order chi connectivity index (χ1) is 9.24. The van der Waals surface area contributed by atoms with Crippen LogP contribution in [0.25, 0.3) is 0 Å². The highest BCUT2D eigenvalue weighted by Crippen LogP contribution is 2.22. The number of nitrogens with zero attached hydrogens (tertiary/aromatic N) is 2. The summed E-state index contributed by atoms with van der Waals surface area (Å²) in [5, 5.41) is 16.6. The number of nitrogens with one attached hydrogen (secondary N) is 1. The molecule has 1 aromatic heterocycles. The average molecular weight is 271 g/mol. The first-order valence-corrected chi connectivity index (χ1v) is 7.08. The lowest BCUT2D eigenvalue weighted by Gasteiger charge is -2.20. The van der Waals surface area contributed by atoms with Gasteiger partial charge >= 0.3 is 0 Å². The van der Waals surface area contributed by atoms with Gasteiger partial charge in [0, 0.05) is 20.1 Å². The molecule has 2 aromatic rings. The number of rotatable bonds is 5. The highest BCUT2D eigenvalue weighted by Gasteiger charge is 2.09. The second-order valence-electron chi connectivity index (χ2n) is 4.48. The summed E-state index contributed by atoms with van der Waals surface area (Å²) in [4.78, 5) is 2.11. The van der Waals surface area contributed by atoms with Crippen molar-refractivity contribution in [1.29, 1.82) is 5.26 Å². The Bertz CT molecular complexity index is 570. The van der Waals surface area contributed by atoms with E-state index in [1.165, 1.54) is 5.56 Å². The van der Waals surface area contributed by atoms with Crippen LogP contribution in [-0.2, 0) is 13.1 Å². The fraction of sp³-hybridized carbons (Fsp3) is 0.267. The summed E-state index contributed by atoms with van der Waals surface area (Å²) in [6.07, 6.45) is 0. The lowest BCUT2D eigenvalue weighted by atomic mass is 10.1. The van der Waals surface area contributed by atoms with Gasteiger partial charge in [0.15, 0.2) is 0 Å². The van der Waals surface area contributed by atoms with Gasteiger partial charge in [-0.15, -0.1) is 0 Å². The van der Waals surface area contributed by atoms with Gasteiger partial charge in [-0.25, -0.2) is 0 Å². The maximum absolute atomic E-state index is 9.29. The third-order valence-corrected chi connectivity index (χ3v) is 3.71. The maximum Gasteiger partial charge on any atom is 0.101 e. The van der Waals surface area contributed by atoms with Crippen molar-refractivity contribution >= 4 is 17.0 Å². The van der Waals surface area contributed by atoms with Crippen molar-refractivity contribution in [2.45, 2.75) is 13.1 Å². The standard InChI is InChI=1S/C15H17N3S/c1-17-9-12-3-4-15(14(7-12)8-16)18(2)10-13-5-6-19-11-13/h3-7,11,17H,9-10H2,1-2H3. The summed E-state index contributed by atoms with van der Waals surface area (Å²) in [5.41, 5.74) is 4.11. The molecule has 3 nitrogen and oxygen atoms in total. The first kappa shape index (κ1) is 13.6. The van der Waals surface area contributed by atoms with E-state index in [-0.39, 0.29) is 0 Å². The van der Waals surface area contributed by atoms with E-state index in [1.54, 1.807) is 11.3 Å². The highest BCUT2D eigenvalue weighted by atomic mass is 32.1. The largest absolute Gasteiger partial charge is 0.369 e. The van der Waals surface area contributed by atoms with Crippen LogP contribution in [0.3, 0.4) is 0 Å². The summed E-state index contributed by atoms with van der Waals surface area (Å²) >= 11 is 1.70. The lowest BCUT2D eigenvalue weighted by Crippen LogP contribution is -2.17. The third-order valence-electron chi connectivity index (χ3n) is 2.97. The molecule has 2 rings (SSSR count). The molecule has 0 atom stereocenters. The second kappa shape index (κ2) is 6.37. The van der Waals surface area contributed by atoms with E-state index >= 15 is 0 Å². The molecule has 0 saturated heterocycles. The van der Waals surface area contributed by atoms with E-state index in [4.69, 9.17) is 0 Å². The number of thiophene rings is 1. The normalized spacial score (nSPS) is 10.2. The zero-order chi connectivity index (χ0) is 13.7. The number of anilines is 1. The van der Waals surface area contributed by atoms with Gasteiger partial charge in [0.2, 0.25) is 0 Å². The molecule has 1 aromatic carbocycles. The molecule has 0 fully saturated rings. The summed E-state index contributed by atoms with van der Waals surface area (Å²) in [6, 6.07) is 10.4. The Morgan fingerprint density at radius 3 is 2.79 bits per heavy atom. The molecule has 0 bridgehead atoms. The van der Waals surface area contributed by atoms with Crippen LogP contribution in [0, 0.1) is 11.3 Å². The van der Waals surface area contributed by atoms with Crippen molar-refractivity contribution in [2.24, 2.45) is 0 Å². The SMILES string of the molecule is CNCc1ccc(N(C)Cc2ccsc2)c(C#N)c1. The molecule has 0 aliphatic rings. The van der Waals surface area contributed by atoms with Crippen LogP contribution in [0.1, 0.15) is 16.7 Å². The van der Waals surface area contributed by atoms with Crippen molar-refractivity contribution in [3.8, 4) is 6.07 Å². The van der Waals surface area contributed by atoms with Crippen LogP contribution in [0.4, 0.5) is 5.69 Å². The summed E-state index contributed by atoms with van der Waals surface area (Å²) in [7, 11) is 3.92. The van der Waals surface area contributed by atoms with E-state index in [0.717, 1.165) is 29.9 Å². The molecule has 0 saturated carbocycles. The van der Waals surface area contributed by atoms with Gasteiger partial charge in [-0.05, 0) is 47.1 Å². The number of hydrogen-bond acceptors (Lipinski definition) is 4. The van der Waals surface area contributed by atoms with E-state index < -0.39 is 0 Å². The Labute approximate surface area is 118 Å². The second-order valence-corrected chi connectivity index (χ2v) is 5.26. The van der Waals surface area contributed by atoms with E-state index in [9.17, 15) is 5.26 Å². The zero-order valence-electron chi connectivity index (χ0n) is 11.2. The van der Waals surface area contributed by atoms with Crippen LogP contribution in [0.15, 0.2) is 35.0 Å². The molecule has 19 heavy (non-hydrogen) atoms. The van der Waals surface area contributed by atoms with Crippen LogP contribution < -0.4 is 10.2 Å². The minimum absolute atomic E-state index is 0.727. The molecule has 98 valence electrons. The molecular formula is C15H17N3S. The van der Waals surface area contributed by atoms with Gasteiger partial charge in [-0.3, -0.25) is 0 Å². The molecule has 0 radical (unpaired) electrons. The molecule has 1 N–H and O–H groups in total. The minimum Gasteiger partial charge on any atom is -0.369 e. The predicted octanol–water partition coefficient (Wildman–Crippen LogP) is 2.98. The fourth-order valence-electron chi connectivity index (χ4n) is 2.06. The predicted molar refractivity (Wildman–Crippen MR) is 80.3 cm³/mol. The van der Waals surface area contributed by atoms with E-state index in [1.807, 2.05) is 26.2 Å². The molecular weight excluding hydrogens is 254 g/mol. The number of nitriles is 1. The van der Waals surface area contributed by atoms with Gasteiger partial charge in [0.1, 0.15) is 6.07 Å². The van der Waals surface area contributed by atoms with Crippen LogP contribution >= 0.6 is 11.3 Å².